The van der Waals surface area contributed by atoms with E-state index in [-0.39, 0.29) is 17.9 Å². The Hall–Kier alpha value is -2.79. The highest BCUT2D eigenvalue weighted by Gasteiger charge is 2.39. The summed E-state index contributed by atoms with van der Waals surface area (Å²) in [5.41, 5.74) is 0.355. The highest BCUT2D eigenvalue weighted by molar-refractivity contribution is 7.89. The molecule has 2 aromatic rings. The van der Waals surface area contributed by atoms with Crippen LogP contribution in [-0.4, -0.2) is 46.6 Å². The Kier molecular flexibility index (Phi) is 6.70. The van der Waals surface area contributed by atoms with Gasteiger partial charge in [-0.2, -0.15) is 17.5 Å². The van der Waals surface area contributed by atoms with E-state index in [1.807, 2.05) is 0 Å². The maximum Gasteiger partial charge on any atom is 0.416 e. The van der Waals surface area contributed by atoms with Crippen molar-refractivity contribution < 1.29 is 40.6 Å². The largest absolute Gasteiger partial charge is 0.493 e. The SMILES string of the molecule is COC(=O)C[C@H]1c2cc(OC)c(OC)cc2CCN1S(=O)(=O)c1ccc(C(F)(F)F)cc1. The normalized spacial score (nSPS) is 16.9. The summed E-state index contributed by atoms with van der Waals surface area (Å²) in [7, 11) is -0.127. The molecule has 1 aliphatic heterocycles. The van der Waals surface area contributed by atoms with Crippen molar-refractivity contribution in [3.05, 3.63) is 53.1 Å². The lowest BCUT2D eigenvalue weighted by Crippen LogP contribution is -2.41. The molecular formula is C21H22F3NO6S. The first-order valence-electron chi connectivity index (χ1n) is 9.53. The molecule has 174 valence electrons. The number of carbonyl (C=O) groups excluding carboxylic acids is 1. The number of rotatable bonds is 6. The summed E-state index contributed by atoms with van der Waals surface area (Å²) in [6.45, 7) is 0.0213. The van der Waals surface area contributed by atoms with Crippen molar-refractivity contribution in [2.45, 2.75) is 30.0 Å². The molecule has 0 radical (unpaired) electrons. The second-order valence-corrected chi connectivity index (χ2v) is 8.98. The number of esters is 1. The van der Waals surface area contributed by atoms with Crippen molar-refractivity contribution in [2.24, 2.45) is 0 Å². The van der Waals surface area contributed by atoms with Crippen molar-refractivity contribution in [2.75, 3.05) is 27.9 Å². The van der Waals surface area contributed by atoms with E-state index in [2.05, 4.69) is 0 Å². The Balaban J connectivity index is 2.07. The fraction of sp³-hybridized carbons (Fsp3) is 0.381. The van der Waals surface area contributed by atoms with Crippen LogP contribution >= 0.6 is 0 Å². The Labute approximate surface area is 183 Å². The zero-order valence-corrected chi connectivity index (χ0v) is 18.4. The first-order valence-corrected chi connectivity index (χ1v) is 11.0. The molecule has 0 aromatic heterocycles. The van der Waals surface area contributed by atoms with Crippen LogP contribution in [0.4, 0.5) is 13.2 Å². The lowest BCUT2D eigenvalue weighted by atomic mass is 9.91. The molecule has 0 bridgehead atoms. The minimum Gasteiger partial charge on any atom is -0.493 e. The van der Waals surface area contributed by atoms with E-state index >= 15 is 0 Å². The number of alkyl halides is 3. The van der Waals surface area contributed by atoms with E-state index in [1.54, 1.807) is 12.1 Å². The smallest absolute Gasteiger partial charge is 0.416 e. The Morgan fingerprint density at radius 2 is 1.66 bits per heavy atom. The van der Waals surface area contributed by atoms with Crippen LogP contribution in [0, 0.1) is 0 Å². The molecule has 0 unspecified atom stereocenters. The molecule has 0 aliphatic carbocycles. The summed E-state index contributed by atoms with van der Waals surface area (Å²) < 4.78 is 81.8. The van der Waals surface area contributed by atoms with Crippen LogP contribution in [0.25, 0.3) is 0 Å². The van der Waals surface area contributed by atoms with Crippen molar-refractivity contribution in [1.29, 1.82) is 0 Å². The van der Waals surface area contributed by atoms with Crippen molar-refractivity contribution in [3.63, 3.8) is 0 Å². The number of fused-ring (bicyclic) bond motifs is 1. The van der Waals surface area contributed by atoms with Crippen LogP contribution in [0.3, 0.4) is 0 Å². The predicted molar refractivity (Wildman–Crippen MR) is 108 cm³/mol. The van der Waals surface area contributed by atoms with Crippen LogP contribution in [-0.2, 0) is 32.2 Å². The van der Waals surface area contributed by atoms with Gasteiger partial charge in [-0.3, -0.25) is 4.79 Å². The number of carbonyl (C=O) groups is 1. The number of sulfonamides is 1. The molecule has 32 heavy (non-hydrogen) atoms. The summed E-state index contributed by atoms with van der Waals surface area (Å²) in [5, 5.41) is 0. The molecule has 11 heteroatoms. The predicted octanol–water partition coefficient (Wildman–Crippen LogP) is 3.57. The summed E-state index contributed by atoms with van der Waals surface area (Å²) in [6.07, 6.45) is -4.55. The lowest BCUT2D eigenvalue weighted by Gasteiger charge is -2.36. The topological polar surface area (TPSA) is 82.1 Å². The van der Waals surface area contributed by atoms with Gasteiger partial charge in [0.2, 0.25) is 10.0 Å². The number of hydrogen-bond donors (Lipinski definition) is 0. The van der Waals surface area contributed by atoms with Gasteiger partial charge in [-0.1, -0.05) is 0 Å². The lowest BCUT2D eigenvalue weighted by molar-refractivity contribution is -0.141. The minimum absolute atomic E-state index is 0.0213. The zero-order chi connectivity index (χ0) is 23.7. The van der Waals surface area contributed by atoms with Gasteiger partial charge in [0.25, 0.3) is 0 Å². The maximum atomic E-state index is 13.4. The van der Waals surface area contributed by atoms with Crippen LogP contribution in [0.5, 0.6) is 11.5 Å². The van der Waals surface area contributed by atoms with E-state index in [4.69, 9.17) is 14.2 Å². The average Bonchev–Trinajstić information content (AvgIpc) is 2.77. The van der Waals surface area contributed by atoms with E-state index in [9.17, 15) is 26.4 Å². The van der Waals surface area contributed by atoms with Crippen LogP contribution in [0.2, 0.25) is 0 Å². The van der Waals surface area contributed by atoms with Gasteiger partial charge in [-0.05, 0) is 53.9 Å². The highest BCUT2D eigenvalue weighted by Crippen LogP contribution is 2.42. The summed E-state index contributed by atoms with van der Waals surface area (Å²) in [6, 6.07) is 5.66. The van der Waals surface area contributed by atoms with Gasteiger partial charge in [0.1, 0.15) is 0 Å². The molecule has 0 fully saturated rings. The molecule has 1 aliphatic rings. The monoisotopic (exact) mass is 473 g/mol. The van der Waals surface area contributed by atoms with E-state index in [0.717, 1.165) is 22.0 Å². The standard InChI is InChI=1S/C21H22F3NO6S/c1-29-18-10-13-8-9-25(17(12-20(26)31-3)16(13)11-19(18)30-2)32(27,28)15-6-4-14(5-7-15)21(22,23)24/h4-7,10-11,17H,8-9,12H2,1-3H3/t17-/m0/s1. The molecule has 7 nitrogen and oxygen atoms in total. The highest BCUT2D eigenvalue weighted by atomic mass is 32.2. The van der Waals surface area contributed by atoms with E-state index in [1.165, 1.54) is 21.3 Å². The third kappa shape index (κ3) is 4.53. The number of nitrogens with zero attached hydrogens (tertiary/aromatic N) is 1. The molecular weight excluding hydrogens is 451 g/mol. The van der Waals surface area contributed by atoms with E-state index < -0.39 is 33.8 Å². The number of methoxy groups -OCH3 is 3. The first-order chi connectivity index (χ1) is 15.0. The second kappa shape index (κ2) is 8.99. The number of halogens is 3. The van der Waals surface area contributed by atoms with Crippen LogP contribution in [0.1, 0.15) is 29.2 Å². The summed E-state index contributed by atoms with van der Waals surface area (Å²) in [5.74, 6) is 0.183. The van der Waals surface area contributed by atoms with Crippen molar-refractivity contribution in [3.8, 4) is 11.5 Å². The zero-order valence-electron chi connectivity index (χ0n) is 17.6. The average molecular weight is 473 g/mol. The molecule has 0 saturated heterocycles. The van der Waals surface area contributed by atoms with Gasteiger partial charge in [0.05, 0.1) is 44.3 Å². The third-order valence-electron chi connectivity index (χ3n) is 5.33. The molecule has 0 spiro atoms. The summed E-state index contributed by atoms with van der Waals surface area (Å²) in [4.78, 5) is 11.8. The van der Waals surface area contributed by atoms with Gasteiger partial charge >= 0.3 is 12.1 Å². The molecule has 1 atom stereocenters. The molecule has 0 amide bonds. The van der Waals surface area contributed by atoms with Crippen molar-refractivity contribution in [1.82, 2.24) is 4.31 Å². The second-order valence-electron chi connectivity index (χ2n) is 7.09. The van der Waals surface area contributed by atoms with Gasteiger partial charge < -0.3 is 14.2 Å². The van der Waals surface area contributed by atoms with Crippen molar-refractivity contribution >= 4 is 16.0 Å². The van der Waals surface area contributed by atoms with Crippen LogP contribution in [0.15, 0.2) is 41.3 Å². The van der Waals surface area contributed by atoms with Crippen LogP contribution < -0.4 is 9.47 Å². The fourth-order valence-electron chi connectivity index (χ4n) is 3.70. The third-order valence-corrected chi connectivity index (χ3v) is 7.25. The Morgan fingerprint density at radius 1 is 1.06 bits per heavy atom. The van der Waals surface area contributed by atoms with Gasteiger partial charge in [0.15, 0.2) is 11.5 Å². The Morgan fingerprint density at radius 3 is 2.19 bits per heavy atom. The van der Waals surface area contributed by atoms with Gasteiger partial charge in [-0.25, -0.2) is 8.42 Å². The van der Waals surface area contributed by atoms with E-state index in [0.29, 0.717) is 35.6 Å². The molecule has 2 aromatic carbocycles. The quantitative estimate of drug-likeness (QED) is 0.597. The van der Waals surface area contributed by atoms with Gasteiger partial charge in [0, 0.05) is 6.54 Å². The first kappa shape index (κ1) is 23.9. The minimum atomic E-state index is -4.59. The molecule has 1 heterocycles. The number of benzene rings is 2. The molecule has 3 rings (SSSR count). The molecule has 0 saturated carbocycles. The number of hydrogen-bond acceptors (Lipinski definition) is 6. The Bertz CT molecular complexity index is 1100. The fourth-order valence-corrected chi connectivity index (χ4v) is 5.30. The molecule has 0 N–H and O–H groups in total. The summed E-state index contributed by atoms with van der Waals surface area (Å²) >= 11 is 0. The maximum absolute atomic E-state index is 13.4. The number of ether oxygens (including phenoxy) is 3. The van der Waals surface area contributed by atoms with Gasteiger partial charge in [-0.15, -0.1) is 0 Å².